The second-order valence-electron chi connectivity index (χ2n) is 5.33. The van der Waals surface area contributed by atoms with Gasteiger partial charge in [-0.25, -0.2) is 0 Å². The molecule has 0 aliphatic heterocycles. The van der Waals surface area contributed by atoms with Gasteiger partial charge in [0, 0.05) is 21.9 Å². The van der Waals surface area contributed by atoms with Gasteiger partial charge in [-0.15, -0.1) is 0 Å². The molecule has 0 bridgehead atoms. The first-order chi connectivity index (χ1) is 11.3. The molecule has 0 atom stereocenters. The number of nitrogen functional groups attached to an aromatic ring is 4. The van der Waals surface area contributed by atoms with Gasteiger partial charge in [-0.1, -0.05) is 0 Å². The topological polar surface area (TPSA) is 147 Å². The molecular formula is C16H15BrN4O3. The number of ether oxygens (including phenoxy) is 1. The molecule has 24 heavy (non-hydrogen) atoms. The van der Waals surface area contributed by atoms with E-state index in [1.54, 1.807) is 6.92 Å². The number of fused-ring (bicyclic) bond motifs is 2. The molecule has 8 heteroatoms. The Morgan fingerprint density at radius 2 is 1.38 bits per heavy atom. The molecule has 124 valence electrons. The fourth-order valence-electron chi connectivity index (χ4n) is 2.86. The maximum atomic E-state index is 13.0. The van der Waals surface area contributed by atoms with Crippen LogP contribution < -0.4 is 27.7 Å². The molecule has 1 aliphatic carbocycles. The molecule has 8 N–H and O–H groups in total. The number of hydrogen-bond donors (Lipinski definition) is 4. The molecule has 0 amide bonds. The highest BCUT2D eigenvalue weighted by Crippen LogP contribution is 2.44. The van der Waals surface area contributed by atoms with Crippen molar-refractivity contribution in [2.24, 2.45) is 0 Å². The first-order valence-electron chi connectivity index (χ1n) is 7.11. The fourth-order valence-corrected chi connectivity index (χ4v) is 3.31. The number of rotatable bonds is 2. The summed E-state index contributed by atoms with van der Waals surface area (Å²) in [5, 5.41) is 0. The lowest BCUT2D eigenvalue weighted by Crippen LogP contribution is -2.26. The van der Waals surface area contributed by atoms with Crippen molar-refractivity contribution in [1.82, 2.24) is 0 Å². The second-order valence-corrected chi connectivity index (χ2v) is 6.18. The van der Waals surface area contributed by atoms with Crippen LogP contribution in [0.4, 0.5) is 22.7 Å². The minimum Gasteiger partial charge on any atom is -0.492 e. The van der Waals surface area contributed by atoms with E-state index in [2.05, 4.69) is 15.9 Å². The number of hydrogen-bond acceptors (Lipinski definition) is 7. The van der Waals surface area contributed by atoms with Crippen LogP contribution in [0.5, 0.6) is 5.75 Å². The minimum atomic E-state index is -0.504. The maximum absolute atomic E-state index is 13.0. The van der Waals surface area contributed by atoms with Crippen molar-refractivity contribution in [2.75, 3.05) is 29.5 Å². The summed E-state index contributed by atoms with van der Waals surface area (Å²) >= 11 is 3.24. The quantitative estimate of drug-likeness (QED) is 0.488. The van der Waals surface area contributed by atoms with Crippen molar-refractivity contribution in [3.8, 4) is 5.75 Å². The van der Waals surface area contributed by atoms with Gasteiger partial charge in [0.2, 0.25) is 0 Å². The van der Waals surface area contributed by atoms with Crippen LogP contribution in [0.25, 0.3) is 0 Å². The van der Waals surface area contributed by atoms with Crippen LogP contribution in [0.1, 0.15) is 38.8 Å². The summed E-state index contributed by atoms with van der Waals surface area (Å²) in [7, 11) is 0. The van der Waals surface area contributed by atoms with E-state index in [9.17, 15) is 9.59 Å². The number of halogens is 1. The third-order valence-corrected chi connectivity index (χ3v) is 4.57. The van der Waals surface area contributed by atoms with Crippen LogP contribution in [0.15, 0.2) is 16.6 Å². The maximum Gasteiger partial charge on any atom is 0.199 e. The van der Waals surface area contributed by atoms with Crippen molar-refractivity contribution < 1.29 is 14.3 Å². The van der Waals surface area contributed by atoms with Gasteiger partial charge in [0.05, 0.1) is 40.2 Å². The first kappa shape index (κ1) is 16.1. The third kappa shape index (κ3) is 2.03. The van der Waals surface area contributed by atoms with Crippen LogP contribution in [0, 0.1) is 0 Å². The van der Waals surface area contributed by atoms with Gasteiger partial charge in [0.1, 0.15) is 5.75 Å². The number of benzene rings is 2. The molecule has 0 fully saturated rings. The van der Waals surface area contributed by atoms with Crippen molar-refractivity contribution in [3.05, 3.63) is 38.9 Å². The van der Waals surface area contributed by atoms with Crippen LogP contribution in [0.2, 0.25) is 0 Å². The van der Waals surface area contributed by atoms with Gasteiger partial charge in [0.25, 0.3) is 0 Å². The van der Waals surface area contributed by atoms with Gasteiger partial charge in [0.15, 0.2) is 11.6 Å². The van der Waals surface area contributed by atoms with E-state index in [0.29, 0.717) is 11.1 Å². The Kier molecular flexibility index (Phi) is 3.64. The zero-order valence-corrected chi connectivity index (χ0v) is 14.4. The normalized spacial score (nSPS) is 12.8. The lowest BCUT2D eigenvalue weighted by atomic mass is 9.80. The Morgan fingerprint density at radius 1 is 0.875 bits per heavy atom. The van der Waals surface area contributed by atoms with Gasteiger partial charge in [-0.05, 0) is 28.9 Å². The summed E-state index contributed by atoms with van der Waals surface area (Å²) in [5.41, 5.74) is 24.5. The van der Waals surface area contributed by atoms with Gasteiger partial charge >= 0.3 is 0 Å². The smallest absolute Gasteiger partial charge is 0.199 e. The summed E-state index contributed by atoms with van der Waals surface area (Å²) in [4.78, 5) is 25.9. The summed E-state index contributed by atoms with van der Waals surface area (Å²) in [6, 6.07) is 2.92. The van der Waals surface area contributed by atoms with E-state index in [4.69, 9.17) is 27.7 Å². The standard InChI is InChI=1S/C16H15BrN4O3/c1-2-24-8-4-7(19)10-12(14(8)21)16(23)11-9(15(10)22)6(18)3-5(17)13(11)20/h3-4H,2,18-21H2,1H3. The van der Waals surface area contributed by atoms with Gasteiger partial charge in [-0.2, -0.15) is 0 Å². The zero-order chi connectivity index (χ0) is 17.8. The highest BCUT2D eigenvalue weighted by atomic mass is 79.9. The molecule has 0 saturated heterocycles. The molecule has 0 radical (unpaired) electrons. The molecular weight excluding hydrogens is 376 g/mol. The average molecular weight is 391 g/mol. The Hall–Kier alpha value is -2.74. The summed E-state index contributed by atoms with van der Waals surface area (Å²) in [6.45, 7) is 2.11. The Morgan fingerprint density at radius 3 is 1.96 bits per heavy atom. The molecule has 2 aromatic rings. The van der Waals surface area contributed by atoms with Crippen molar-refractivity contribution in [2.45, 2.75) is 6.92 Å². The molecule has 0 saturated carbocycles. The largest absolute Gasteiger partial charge is 0.492 e. The van der Waals surface area contributed by atoms with Crippen molar-refractivity contribution in [3.63, 3.8) is 0 Å². The highest BCUT2D eigenvalue weighted by Gasteiger charge is 2.38. The second kappa shape index (κ2) is 5.41. The van der Waals surface area contributed by atoms with Crippen LogP contribution in [-0.4, -0.2) is 18.2 Å². The predicted octanol–water partition coefficient (Wildman–Crippen LogP) is 1.95. The Bertz CT molecular complexity index is 925. The lowest BCUT2D eigenvalue weighted by molar-refractivity contribution is 0.0981. The Labute approximate surface area is 146 Å². The predicted molar refractivity (Wildman–Crippen MR) is 96.3 cm³/mol. The monoisotopic (exact) mass is 390 g/mol. The van der Waals surface area contributed by atoms with E-state index in [1.807, 2.05) is 0 Å². The number of carbonyl (C=O) groups is 2. The molecule has 2 aromatic carbocycles. The van der Waals surface area contributed by atoms with Crippen molar-refractivity contribution in [1.29, 1.82) is 0 Å². The third-order valence-electron chi connectivity index (χ3n) is 3.92. The molecule has 3 rings (SSSR count). The minimum absolute atomic E-state index is 0.000139. The number of anilines is 4. The van der Waals surface area contributed by atoms with Gasteiger partial charge < -0.3 is 27.7 Å². The first-order valence-corrected chi connectivity index (χ1v) is 7.90. The molecule has 1 aliphatic rings. The number of nitrogens with two attached hydrogens (primary N) is 4. The molecule has 0 spiro atoms. The Balaban J connectivity index is 2.40. The SMILES string of the molecule is CCOc1cc(N)c2c(c1N)C(=O)c1c(N)c(Br)cc(N)c1C2=O. The fraction of sp³-hybridized carbons (Fsp3) is 0.125. The van der Waals surface area contributed by atoms with Crippen molar-refractivity contribution >= 4 is 50.2 Å². The van der Waals surface area contributed by atoms with E-state index in [0.717, 1.165) is 0 Å². The van der Waals surface area contributed by atoms with E-state index in [-0.39, 0.29) is 50.8 Å². The highest BCUT2D eigenvalue weighted by molar-refractivity contribution is 9.10. The summed E-state index contributed by atoms with van der Waals surface area (Å²) < 4.78 is 5.83. The summed E-state index contributed by atoms with van der Waals surface area (Å²) in [5.74, 6) is -0.737. The van der Waals surface area contributed by atoms with E-state index < -0.39 is 11.6 Å². The van der Waals surface area contributed by atoms with E-state index >= 15 is 0 Å². The zero-order valence-electron chi connectivity index (χ0n) is 12.8. The van der Waals surface area contributed by atoms with Crippen LogP contribution >= 0.6 is 15.9 Å². The van der Waals surface area contributed by atoms with Crippen LogP contribution in [0.3, 0.4) is 0 Å². The average Bonchev–Trinajstić information content (AvgIpc) is 2.51. The molecule has 0 aromatic heterocycles. The lowest BCUT2D eigenvalue weighted by Gasteiger charge is -2.24. The number of ketones is 2. The molecule has 0 heterocycles. The van der Waals surface area contributed by atoms with Gasteiger partial charge in [-0.3, -0.25) is 9.59 Å². The molecule has 7 nitrogen and oxygen atoms in total. The van der Waals surface area contributed by atoms with E-state index in [1.165, 1.54) is 12.1 Å². The summed E-state index contributed by atoms with van der Waals surface area (Å²) in [6.07, 6.45) is 0. The number of carbonyl (C=O) groups excluding carboxylic acids is 2. The molecule has 0 unspecified atom stereocenters. The van der Waals surface area contributed by atoms with Crippen LogP contribution in [-0.2, 0) is 0 Å².